The molecule has 0 aromatic heterocycles. The maximum absolute atomic E-state index is 5.26. The molecule has 0 radical (unpaired) electrons. The van der Waals surface area contributed by atoms with E-state index in [2.05, 4.69) is 53.7 Å². The third-order valence-corrected chi connectivity index (χ3v) is 4.28. The first-order chi connectivity index (χ1) is 10.2. The third kappa shape index (κ3) is 6.75. The number of halogens is 1. The van der Waals surface area contributed by atoms with Crippen molar-refractivity contribution in [1.29, 1.82) is 0 Å². The predicted molar refractivity (Wildman–Crippen MR) is 105 cm³/mol. The molecule has 6 heteroatoms. The predicted octanol–water partition coefficient (Wildman–Crippen LogP) is 2.99. The Morgan fingerprint density at radius 1 is 1.27 bits per heavy atom. The number of benzene rings is 1. The number of thioether (sulfide) groups is 1. The highest BCUT2D eigenvalue weighted by molar-refractivity contribution is 14.0. The lowest BCUT2D eigenvalue weighted by molar-refractivity contribution is -0.0945. The van der Waals surface area contributed by atoms with Crippen molar-refractivity contribution in [3.8, 4) is 0 Å². The van der Waals surface area contributed by atoms with Gasteiger partial charge in [-0.2, -0.15) is 0 Å². The number of hydrogen-bond donors (Lipinski definition) is 2. The molecule has 22 heavy (non-hydrogen) atoms. The summed E-state index contributed by atoms with van der Waals surface area (Å²) in [6.45, 7) is 8.54. The summed E-state index contributed by atoms with van der Waals surface area (Å²) >= 11 is 1.85. The van der Waals surface area contributed by atoms with E-state index in [1.165, 1.54) is 4.90 Å². The van der Waals surface area contributed by atoms with Crippen LogP contribution in [-0.2, 0) is 4.74 Å². The SMILES string of the molecule is CCNC(=NCC1(C)COC1)NCCSc1ccccc1.I. The molecule has 4 nitrogen and oxygen atoms in total. The van der Waals surface area contributed by atoms with E-state index in [0.717, 1.165) is 44.6 Å². The Hall–Kier alpha value is -0.470. The van der Waals surface area contributed by atoms with E-state index in [4.69, 9.17) is 4.74 Å². The summed E-state index contributed by atoms with van der Waals surface area (Å²) in [5.41, 5.74) is 0.223. The Morgan fingerprint density at radius 3 is 2.59 bits per heavy atom. The first-order valence-corrected chi connectivity index (χ1v) is 8.48. The van der Waals surface area contributed by atoms with Crippen LogP contribution >= 0.6 is 35.7 Å². The Balaban J connectivity index is 0.00000242. The Kier molecular flexibility index (Phi) is 9.19. The van der Waals surface area contributed by atoms with Crippen LogP contribution in [-0.4, -0.2) is 44.6 Å². The minimum atomic E-state index is 0. The van der Waals surface area contributed by atoms with Crippen molar-refractivity contribution in [1.82, 2.24) is 10.6 Å². The van der Waals surface area contributed by atoms with Gasteiger partial charge in [0.1, 0.15) is 0 Å². The molecule has 1 aliphatic rings. The summed E-state index contributed by atoms with van der Waals surface area (Å²) < 4.78 is 5.26. The van der Waals surface area contributed by atoms with Gasteiger partial charge in [0.05, 0.1) is 19.8 Å². The van der Waals surface area contributed by atoms with Gasteiger partial charge in [0.15, 0.2) is 5.96 Å². The van der Waals surface area contributed by atoms with E-state index in [-0.39, 0.29) is 29.4 Å². The van der Waals surface area contributed by atoms with Crippen molar-refractivity contribution in [2.75, 3.05) is 38.6 Å². The van der Waals surface area contributed by atoms with Gasteiger partial charge in [-0.05, 0) is 19.1 Å². The van der Waals surface area contributed by atoms with Gasteiger partial charge >= 0.3 is 0 Å². The Labute approximate surface area is 154 Å². The zero-order valence-electron chi connectivity index (χ0n) is 13.3. The maximum atomic E-state index is 5.26. The van der Waals surface area contributed by atoms with Gasteiger partial charge in [-0.3, -0.25) is 4.99 Å². The van der Waals surface area contributed by atoms with Gasteiger partial charge in [-0.1, -0.05) is 25.1 Å². The number of rotatable bonds is 7. The summed E-state index contributed by atoms with van der Waals surface area (Å²) in [5.74, 6) is 1.92. The second-order valence-electron chi connectivity index (χ2n) is 5.59. The summed E-state index contributed by atoms with van der Waals surface area (Å²) in [5, 5.41) is 6.68. The molecule has 0 aliphatic carbocycles. The highest BCUT2D eigenvalue weighted by atomic mass is 127. The molecule has 0 saturated carbocycles. The molecule has 1 fully saturated rings. The van der Waals surface area contributed by atoms with Gasteiger partial charge in [0, 0.05) is 29.2 Å². The fourth-order valence-electron chi connectivity index (χ4n) is 2.01. The van der Waals surface area contributed by atoms with Crippen molar-refractivity contribution in [3.63, 3.8) is 0 Å². The number of ether oxygens (including phenoxy) is 1. The molecular weight excluding hydrogens is 409 g/mol. The van der Waals surface area contributed by atoms with Crippen LogP contribution in [0.15, 0.2) is 40.2 Å². The summed E-state index contributed by atoms with van der Waals surface area (Å²) in [6, 6.07) is 10.5. The summed E-state index contributed by atoms with van der Waals surface area (Å²) in [4.78, 5) is 5.96. The Bertz CT molecular complexity index is 452. The minimum absolute atomic E-state index is 0. The van der Waals surface area contributed by atoms with Crippen LogP contribution in [0, 0.1) is 5.41 Å². The van der Waals surface area contributed by atoms with Crippen molar-refractivity contribution in [3.05, 3.63) is 30.3 Å². The molecule has 0 atom stereocenters. The minimum Gasteiger partial charge on any atom is -0.380 e. The standard InChI is InChI=1S/C16H25N3OS.HI/c1-3-17-15(19-11-16(2)12-20-13-16)18-9-10-21-14-7-5-4-6-8-14;/h4-8H,3,9-13H2,1-2H3,(H2,17,18,19);1H. The number of hydrogen-bond acceptors (Lipinski definition) is 3. The molecule has 0 unspecified atom stereocenters. The van der Waals surface area contributed by atoms with Gasteiger partial charge in [-0.25, -0.2) is 0 Å². The number of nitrogens with zero attached hydrogens (tertiary/aromatic N) is 1. The molecule has 2 rings (SSSR count). The van der Waals surface area contributed by atoms with E-state index in [1.807, 2.05) is 17.8 Å². The number of aliphatic imine (C=N–C) groups is 1. The van der Waals surface area contributed by atoms with Crippen molar-refractivity contribution in [2.45, 2.75) is 18.7 Å². The van der Waals surface area contributed by atoms with E-state index < -0.39 is 0 Å². The molecule has 1 aromatic rings. The average Bonchev–Trinajstić information content (AvgIpc) is 2.48. The smallest absolute Gasteiger partial charge is 0.191 e. The molecule has 1 aromatic carbocycles. The second-order valence-corrected chi connectivity index (χ2v) is 6.76. The lowest BCUT2D eigenvalue weighted by Gasteiger charge is -2.36. The molecule has 124 valence electrons. The molecular formula is C16H26IN3OS. The zero-order valence-corrected chi connectivity index (χ0v) is 16.4. The van der Waals surface area contributed by atoms with Gasteiger partial charge in [0.2, 0.25) is 0 Å². The van der Waals surface area contributed by atoms with Gasteiger partial charge in [0.25, 0.3) is 0 Å². The average molecular weight is 435 g/mol. The fourth-order valence-corrected chi connectivity index (χ4v) is 2.80. The van der Waals surface area contributed by atoms with Gasteiger partial charge in [-0.15, -0.1) is 35.7 Å². The first-order valence-electron chi connectivity index (χ1n) is 7.50. The van der Waals surface area contributed by atoms with Crippen LogP contribution in [0.1, 0.15) is 13.8 Å². The molecule has 1 saturated heterocycles. The highest BCUT2D eigenvalue weighted by Crippen LogP contribution is 2.26. The molecule has 1 aliphatic heterocycles. The molecule has 0 amide bonds. The maximum Gasteiger partial charge on any atom is 0.191 e. The highest BCUT2D eigenvalue weighted by Gasteiger charge is 2.33. The molecule has 0 spiro atoms. The number of nitrogens with one attached hydrogen (secondary N) is 2. The second kappa shape index (κ2) is 10.3. The third-order valence-electron chi connectivity index (χ3n) is 3.27. The largest absolute Gasteiger partial charge is 0.380 e. The van der Waals surface area contributed by atoms with E-state index in [1.54, 1.807) is 0 Å². The lowest BCUT2D eigenvalue weighted by atomic mass is 9.89. The molecule has 0 bridgehead atoms. The van der Waals surface area contributed by atoms with Gasteiger partial charge < -0.3 is 15.4 Å². The fraction of sp³-hybridized carbons (Fsp3) is 0.562. The van der Waals surface area contributed by atoms with E-state index in [9.17, 15) is 0 Å². The van der Waals surface area contributed by atoms with Crippen molar-refractivity contribution >= 4 is 41.7 Å². The van der Waals surface area contributed by atoms with E-state index in [0.29, 0.717) is 0 Å². The summed E-state index contributed by atoms with van der Waals surface area (Å²) in [6.07, 6.45) is 0. The van der Waals surface area contributed by atoms with Crippen LogP contribution in [0.3, 0.4) is 0 Å². The van der Waals surface area contributed by atoms with Crippen LogP contribution in [0.2, 0.25) is 0 Å². The van der Waals surface area contributed by atoms with Crippen LogP contribution in [0.5, 0.6) is 0 Å². The van der Waals surface area contributed by atoms with Crippen molar-refractivity contribution in [2.24, 2.45) is 10.4 Å². The first kappa shape index (κ1) is 19.6. The quantitative estimate of drug-likeness (QED) is 0.227. The van der Waals surface area contributed by atoms with Crippen LogP contribution in [0.25, 0.3) is 0 Å². The monoisotopic (exact) mass is 435 g/mol. The zero-order chi connectivity index (χ0) is 15.0. The molecule has 1 heterocycles. The number of guanidine groups is 1. The molecule has 2 N–H and O–H groups in total. The summed E-state index contributed by atoms with van der Waals surface area (Å²) in [7, 11) is 0. The van der Waals surface area contributed by atoms with Crippen LogP contribution in [0.4, 0.5) is 0 Å². The van der Waals surface area contributed by atoms with E-state index >= 15 is 0 Å². The topological polar surface area (TPSA) is 45.7 Å². The van der Waals surface area contributed by atoms with Crippen LogP contribution < -0.4 is 10.6 Å². The normalized spacial score (nSPS) is 16.4. The Morgan fingerprint density at radius 2 is 2.00 bits per heavy atom. The lowest BCUT2D eigenvalue weighted by Crippen LogP contribution is -2.44. The van der Waals surface area contributed by atoms with Crippen molar-refractivity contribution < 1.29 is 4.74 Å².